The lowest BCUT2D eigenvalue weighted by atomic mass is 10.1. The molecule has 0 aliphatic carbocycles. The van der Waals surface area contributed by atoms with E-state index >= 15 is 0 Å². The highest BCUT2D eigenvalue weighted by molar-refractivity contribution is 9.10. The predicted molar refractivity (Wildman–Crippen MR) is 73.1 cm³/mol. The molecule has 0 heterocycles. The lowest BCUT2D eigenvalue weighted by Gasteiger charge is -2.19. The molecule has 17 heavy (non-hydrogen) atoms. The summed E-state index contributed by atoms with van der Waals surface area (Å²) in [6.45, 7) is 2.78. The number of benzene rings is 1. The number of hydrogen-bond acceptors (Lipinski definition) is 3. The third kappa shape index (κ3) is 4.37. The summed E-state index contributed by atoms with van der Waals surface area (Å²) in [5.74, 6) is 0. The Morgan fingerprint density at radius 3 is 2.88 bits per heavy atom. The molecule has 3 nitrogen and oxygen atoms in total. The molecule has 0 aliphatic heterocycles. The van der Waals surface area contributed by atoms with Crippen LogP contribution in [-0.2, 0) is 4.74 Å². The first kappa shape index (κ1) is 14.0. The van der Waals surface area contributed by atoms with Crippen molar-refractivity contribution in [1.29, 1.82) is 5.26 Å². The lowest BCUT2D eigenvalue weighted by molar-refractivity contribution is 0.182. The summed E-state index contributed by atoms with van der Waals surface area (Å²) in [4.78, 5) is 0. The van der Waals surface area contributed by atoms with Gasteiger partial charge in [0.15, 0.2) is 0 Å². The Balaban J connectivity index is 2.84. The van der Waals surface area contributed by atoms with Crippen LogP contribution in [0.3, 0.4) is 0 Å². The van der Waals surface area contributed by atoms with Crippen molar-refractivity contribution in [3.05, 3.63) is 28.2 Å². The Morgan fingerprint density at radius 1 is 1.53 bits per heavy atom. The highest BCUT2D eigenvalue weighted by Gasteiger charge is 2.10. The molecule has 0 spiro atoms. The number of ether oxygens (including phenoxy) is 1. The van der Waals surface area contributed by atoms with E-state index in [0.717, 1.165) is 23.0 Å². The molecule has 1 unspecified atom stereocenters. The van der Waals surface area contributed by atoms with Crippen LogP contribution in [0, 0.1) is 11.3 Å². The quantitative estimate of drug-likeness (QED) is 0.873. The van der Waals surface area contributed by atoms with Crippen LogP contribution in [-0.4, -0.2) is 19.8 Å². The van der Waals surface area contributed by atoms with Gasteiger partial charge in [0.1, 0.15) is 6.07 Å². The summed E-state index contributed by atoms with van der Waals surface area (Å²) < 4.78 is 6.14. The van der Waals surface area contributed by atoms with Crippen LogP contribution in [0.1, 0.15) is 25.3 Å². The Bertz CT molecular complexity index is 395. The summed E-state index contributed by atoms with van der Waals surface area (Å²) in [7, 11) is 1.69. The van der Waals surface area contributed by atoms with Gasteiger partial charge in [-0.05, 0) is 24.6 Å². The SMILES string of the molecule is CCCC(COC)Nc1cc(Br)ccc1C#N. The minimum Gasteiger partial charge on any atom is -0.383 e. The second kappa shape index (κ2) is 7.31. The van der Waals surface area contributed by atoms with Crippen molar-refractivity contribution >= 4 is 21.6 Å². The number of nitriles is 1. The number of methoxy groups -OCH3 is 1. The van der Waals surface area contributed by atoms with Crippen molar-refractivity contribution < 1.29 is 4.74 Å². The van der Waals surface area contributed by atoms with Gasteiger partial charge in [-0.2, -0.15) is 5.26 Å². The summed E-state index contributed by atoms with van der Waals surface area (Å²) in [6.07, 6.45) is 2.10. The second-order valence-corrected chi connectivity index (χ2v) is 4.80. The van der Waals surface area contributed by atoms with Crippen LogP contribution < -0.4 is 5.32 Å². The molecule has 92 valence electrons. The van der Waals surface area contributed by atoms with E-state index in [-0.39, 0.29) is 6.04 Å². The number of anilines is 1. The van der Waals surface area contributed by atoms with Gasteiger partial charge in [0, 0.05) is 17.6 Å². The highest BCUT2D eigenvalue weighted by atomic mass is 79.9. The van der Waals surface area contributed by atoms with Crippen LogP contribution in [0.5, 0.6) is 0 Å². The average molecular weight is 297 g/mol. The minimum absolute atomic E-state index is 0.242. The number of halogens is 1. The first-order chi connectivity index (χ1) is 8.21. The first-order valence-electron chi connectivity index (χ1n) is 5.66. The minimum atomic E-state index is 0.242. The zero-order valence-corrected chi connectivity index (χ0v) is 11.8. The predicted octanol–water partition coefficient (Wildman–Crippen LogP) is 3.55. The van der Waals surface area contributed by atoms with E-state index in [0.29, 0.717) is 12.2 Å². The molecule has 1 N–H and O–H groups in total. The second-order valence-electron chi connectivity index (χ2n) is 3.89. The summed E-state index contributed by atoms with van der Waals surface area (Å²) >= 11 is 3.41. The summed E-state index contributed by atoms with van der Waals surface area (Å²) in [5, 5.41) is 12.4. The molecule has 0 fully saturated rings. The van der Waals surface area contributed by atoms with Gasteiger partial charge in [0.25, 0.3) is 0 Å². The molecule has 0 saturated carbocycles. The standard InChI is InChI=1S/C13H17BrN2O/c1-3-4-12(9-17-2)16-13-7-11(14)6-5-10(13)8-15/h5-7,12,16H,3-4,9H2,1-2H3. The monoisotopic (exact) mass is 296 g/mol. The molecule has 0 amide bonds. The molecule has 0 saturated heterocycles. The van der Waals surface area contributed by atoms with E-state index in [4.69, 9.17) is 10.00 Å². The molecule has 1 rings (SSSR count). The zero-order chi connectivity index (χ0) is 12.7. The fourth-order valence-electron chi connectivity index (χ4n) is 1.70. The van der Waals surface area contributed by atoms with E-state index in [9.17, 15) is 0 Å². The fourth-order valence-corrected chi connectivity index (χ4v) is 2.06. The van der Waals surface area contributed by atoms with Gasteiger partial charge in [-0.1, -0.05) is 29.3 Å². The molecule has 1 aromatic rings. The Morgan fingerprint density at radius 2 is 2.29 bits per heavy atom. The maximum atomic E-state index is 9.05. The number of nitrogens with one attached hydrogen (secondary N) is 1. The van der Waals surface area contributed by atoms with Gasteiger partial charge in [-0.15, -0.1) is 0 Å². The van der Waals surface area contributed by atoms with Gasteiger partial charge in [0.2, 0.25) is 0 Å². The van der Waals surface area contributed by atoms with Crippen LogP contribution in [0.25, 0.3) is 0 Å². The molecule has 0 aliphatic rings. The van der Waals surface area contributed by atoms with Gasteiger partial charge >= 0.3 is 0 Å². The van der Waals surface area contributed by atoms with Crippen LogP contribution in [0.2, 0.25) is 0 Å². The van der Waals surface area contributed by atoms with Crippen molar-refractivity contribution in [2.75, 3.05) is 19.0 Å². The fraction of sp³-hybridized carbons (Fsp3) is 0.462. The number of rotatable bonds is 6. The van der Waals surface area contributed by atoms with Crippen molar-refractivity contribution in [2.45, 2.75) is 25.8 Å². The zero-order valence-electron chi connectivity index (χ0n) is 10.2. The van der Waals surface area contributed by atoms with Gasteiger partial charge in [0.05, 0.1) is 17.9 Å². The Hall–Kier alpha value is -1.05. The molecular formula is C13H17BrN2O. The van der Waals surface area contributed by atoms with Gasteiger partial charge in [-0.25, -0.2) is 0 Å². The largest absolute Gasteiger partial charge is 0.383 e. The number of nitrogens with zero attached hydrogens (tertiary/aromatic N) is 1. The van der Waals surface area contributed by atoms with Crippen molar-refractivity contribution in [3.63, 3.8) is 0 Å². The van der Waals surface area contributed by atoms with Gasteiger partial charge < -0.3 is 10.1 Å². The normalized spacial score (nSPS) is 11.9. The topological polar surface area (TPSA) is 45.0 Å². The van der Waals surface area contributed by atoms with Crippen LogP contribution in [0.15, 0.2) is 22.7 Å². The Kier molecular flexibility index (Phi) is 6.03. The van der Waals surface area contributed by atoms with E-state index in [1.165, 1.54) is 0 Å². The molecule has 0 bridgehead atoms. The Labute approximate surface area is 111 Å². The molecule has 0 aromatic heterocycles. The van der Waals surface area contributed by atoms with Gasteiger partial charge in [-0.3, -0.25) is 0 Å². The van der Waals surface area contributed by atoms with E-state index in [1.807, 2.05) is 18.2 Å². The third-order valence-corrected chi connectivity index (χ3v) is 2.96. The highest BCUT2D eigenvalue weighted by Crippen LogP contribution is 2.22. The summed E-state index contributed by atoms with van der Waals surface area (Å²) in [6, 6.07) is 8.04. The lowest BCUT2D eigenvalue weighted by Crippen LogP contribution is -2.25. The molecule has 1 atom stereocenters. The summed E-state index contributed by atoms with van der Waals surface area (Å²) in [5.41, 5.74) is 1.52. The third-order valence-electron chi connectivity index (χ3n) is 2.47. The first-order valence-corrected chi connectivity index (χ1v) is 6.45. The molecule has 4 heteroatoms. The van der Waals surface area contributed by atoms with Crippen molar-refractivity contribution in [3.8, 4) is 6.07 Å². The van der Waals surface area contributed by atoms with E-state index < -0.39 is 0 Å². The smallest absolute Gasteiger partial charge is 0.101 e. The maximum absolute atomic E-state index is 9.05. The average Bonchev–Trinajstić information content (AvgIpc) is 2.30. The number of hydrogen-bond donors (Lipinski definition) is 1. The van der Waals surface area contributed by atoms with Crippen LogP contribution in [0.4, 0.5) is 5.69 Å². The van der Waals surface area contributed by atoms with E-state index in [1.54, 1.807) is 7.11 Å². The maximum Gasteiger partial charge on any atom is 0.101 e. The molecule has 1 aromatic carbocycles. The van der Waals surface area contributed by atoms with Crippen LogP contribution >= 0.6 is 15.9 Å². The van der Waals surface area contributed by atoms with Crippen molar-refractivity contribution in [2.24, 2.45) is 0 Å². The van der Waals surface area contributed by atoms with Crippen molar-refractivity contribution in [1.82, 2.24) is 0 Å². The van der Waals surface area contributed by atoms with E-state index in [2.05, 4.69) is 34.2 Å². The molecular weight excluding hydrogens is 280 g/mol. The molecule has 0 radical (unpaired) electrons.